The third kappa shape index (κ3) is 8.34. The van der Waals surface area contributed by atoms with Crippen LogP contribution in [0.25, 0.3) is 0 Å². The lowest BCUT2D eigenvalue weighted by Crippen LogP contribution is -2.43. The highest BCUT2D eigenvalue weighted by atomic mass is 15.2. The Morgan fingerprint density at radius 1 is 1.11 bits per heavy atom. The van der Waals surface area contributed by atoms with Crippen molar-refractivity contribution in [3.63, 3.8) is 0 Å². The summed E-state index contributed by atoms with van der Waals surface area (Å²) in [6.45, 7) is 18.0. The average Bonchev–Trinajstić information content (AvgIpc) is 2.30. The van der Waals surface area contributed by atoms with E-state index in [1.54, 1.807) is 0 Å². The monoisotopic (exact) mass is 256 g/mol. The summed E-state index contributed by atoms with van der Waals surface area (Å²) < 4.78 is 0. The van der Waals surface area contributed by atoms with Crippen molar-refractivity contribution in [2.24, 2.45) is 10.9 Å². The highest BCUT2D eigenvalue weighted by Crippen LogP contribution is 1.95. The zero-order chi connectivity index (χ0) is 14.0. The Morgan fingerprint density at radius 3 is 2.22 bits per heavy atom. The summed E-state index contributed by atoms with van der Waals surface area (Å²) >= 11 is 0. The maximum atomic E-state index is 4.56. The Hall–Kier alpha value is -0.770. The largest absolute Gasteiger partial charge is 0.357 e. The molecule has 0 saturated carbocycles. The molecule has 0 saturated heterocycles. The topological polar surface area (TPSA) is 39.7 Å². The van der Waals surface area contributed by atoms with E-state index >= 15 is 0 Å². The first-order chi connectivity index (χ1) is 8.51. The molecule has 0 atom stereocenters. The van der Waals surface area contributed by atoms with E-state index in [1.165, 1.54) is 0 Å². The van der Waals surface area contributed by atoms with Crippen molar-refractivity contribution in [1.82, 2.24) is 15.5 Å². The number of aliphatic imine (C=N–C) groups is 1. The van der Waals surface area contributed by atoms with Crippen molar-refractivity contribution in [2.75, 3.05) is 32.7 Å². The van der Waals surface area contributed by atoms with E-state index in [1.807, 2.05) is 0 Å². The van der Waals surface area contributed by atoms with Gasteiger partial charge in [-0.25, -0.2) is 0 Å². The Labute approximate surface area is 113 Å². The Balaban J connectivity index is 4.06. The lowest BCUT2D eigenvalue weighted by molar-refractivity contribution is 0.237. The van der Waals surface area contributed by atoms with Crippen LogP contribution >= 0.6 is 0 Å². The van der Waals surface area contributed by atoms with Gasteiger partial charge in [0.15, 0.2) is 5.96 Å². The average molecular weight is 256 g/mol. The molecule has 0 radical (unpaired) electrons. The summed E-state index contributed by atoms with van der Waals surface area (Å²) in [7, 11) is 0. The van der Waals surface area contributed by atoms with E-state index in [2.05, 4.69) is 62.1 Å². The fourth-order valence-corrected chi connectivity index (χ4v) is 1.71. The van der Waals surface area contributed by atoms with Gasteiger partial charge in [-0.2, -0.15) is 0 Å². The third-order valence-electron chi connectivity index (χ3n) is 2.79. The standard InChI is InChI=1S/C14H32N4/c1-7-15-14(17-11-12(3)4)16-9-10-18(8-2)13(5)6/h12-13H,7-11H2,1-6H3,(H2,15,16,17). The Morgan fingerprint density at radius 2 is 1.78 bits per heavy atom. The predicted molar refractivity (Wildman–Crippen MR) is 81.2 cm³/mol. The zero-order valence-corrected chi connectivity index (χ0v) is 13.1. The van der Waals surface area contributed by atoms with E-state index in [0.717, 1.165) is 38.7 Å². The molecule has 4 heteroatoms. The van der Waals surface area contributed by atoms with Crippen LogP contribution in [0.3, 0.4) is 0 Å². The van der Waals surface area contributed by atoms with Crippen LogP contribution in [0.5, 0.6) is 0 Å². The minimum absolute atomic E-state index is 0.600. The molecule has 0 heterocycles. The highest BCUT2D eigenvalue weighted by Gasteiger charge is 2.06. The molecule has 0 aromatic heterocycles. The van der Waals surface area contributed by atoms with Gasteiger partial charge in [0.2, 0.25) is 0 Å². The molecule has 0 aromatic carbocycles. The fourth-order valence-electron chi connectivity index (χ4n) is 1.71. The molecule has 2 N–H and O–H groups in total. The van der Waals surface area contributed by atoms with Gasteiger partial charge in [0, 0.05) is 32.2 Å². The van der Waals surface area contributed by atoms with Crippen molar-refractivity contribution >= 4 is 5.96 Å². The molecular formula is C14H32N4. The quantitative estimate of drug-likeness (QED) is 0.515. The van der Waals surface area contributed by atoms with Crippen LogP contribution in [0, 0.1) is 5.92 Å². The number of rotatable bonds is 8. The first kappa shape index (κ1) is 17.2. The first-order valence-electron chi connectivity index (χ1n) is 7.27. The maximum absolute atomic E-state index is 4.56. The minimum Gasteiger partial charge on any atom is -0.357 e. The molecule has 0 aliphatic carbocycles. The first-order valence-corrected chi connectivity index (χ1v) is 7.27. The number of hydrogen-bond acceptors (Lipinski definition) is 2. The summed E-state index contributed by atoms with van der Waals surface area (Å²) in [6.07, 6.45) is 0. The summed E-state index contributed by atoms with van der Waals surface area (Å²) in [4.78, 5) is 7.00. The molecule has 0 spiro atoms. The van der Waals surface area contributed by atoms with Crippen molar-refractivity contribution in [3.05, 3.63) is 0 Å². The van der Waals surface area contributed by atoms with Gasteiger partial charge in [-0.15, -0.1) is 0 Å². The van der Waals surface area contributed by atoms with Crippen molar-refractivity contribution in [2.45, 2.75) is 47.6 Å². The van der Waals surface area contributed by atoms with Gasteiger partial charge in [-0.05, 0) is 33.2 Å². The zero-order valence-electron chi connectivity index (χ0n) is 13.1. The number of nitrogens with zero attached hydrogens (tertiary/aromatic N) is 2. The van der Waals surface area contributed by atoms with Crippen LogP contribution in [-0.4, -0.2) is 49.6 Å². The molecule has 0 amide bonds. The van der Waals surface area contributed by atoms with Crippen molar-refractivity contribution < 1.29 is 0 Å². The molecule has 0 fully saturated rings. The SMILES string of the molecule is CCNC(=NCC(C)C)NCCN(CC)C(C)C. The van der Waals surface area contributed by atoms with Crippen LogP contribution in [0.1, 0.15) is 41.5 Å². The van der Waals surface area contributed by atoms with Gasteiger partial charge in [0.25, 0.3) is 0 Å². The summed E-state index contributed by atoms with van der Waals surface area (Å²) in [5.74, 6) is 1.54. The second-order valence-corrected chi connectivity index (χ2v) is 5.26. The van der Waals surface area contributed by atoms with Gasteiger partial charge in [0.1, 0.15) is 0 Å². The van der Waals surface area contributed by atoms with Crippen LogP contribution in [0.15, 0.2) is 4.99 Å². The van der Waals surface area contributed by atoms with E-state index in [-0.39, 0.29) is 0 Å². The van der Waals surface area contributed by atoms with Gasteiger partial charge in [0.05, 0.1) is 0 Å². The summed E-state index contributed by atoms with van der Waals surface area (Å²) in [5, 5.41) is 6.67. The van der Waals surface area contributed by atoms with Crippen LogP contribution in [0.2, 0.25) is 0 Å². The molecule has 4 nitrogen and oxygen atoms in total. The van der Waals surface area contributed by atoms with E-state index in [9.17, 15) is 0 Å². The normalized spacial score (nSPS) is 12.6. The summed E-state index contributed by atoms with van der Waals surface area (Å²) in [6, 6.07) is 0.604. The van der Waals surface area contributed by atoms with Crippen LogP contribution in [0.4, 0.5) is 0 Å². The third-order valence-corrected chi connectivity index (χ3v) is 2.79. The highest BCUT2D eigenvalue weighted by molar-refractivity contribution is 5.79. The number of guanidine groups is 1. The van der Waals surface area contributed by atoms with E-state index in [0.29, 0.717) is 12.0 Å². The van der Waals surface area contributed by atoms with Gasteiger partial charge < -0.3 is 10.6 Å². The minimum atomic E-state index is 0.600. The molecule has 18 heavy (non-hydrogen) atoms. The molecule has 0 aliphatic heterocycles. The molecule has 108 valence electrons. The van der Waals surface area contributed by atoms with Crippen LogP contribution < -0.4 is 10.6 Å². The lowest BCUT2D eigenvalue weighted by atomic mass is 10.2. The molecule has 0 bridgehead atoms. The smallest absolute Gasteiger partial charge is 0.191 e. The molecule has 0 aromatic rings. The molecular weight excluding hydrogens is 224 g/mol. The van der Waals surface area contributed by atoms with Gasteiger partial charge in [-0.1, -0.05) is 20.8 Å². The number of nitrogens with one attached hydrogen (secondary N) is 2. The van der Waals surface area contributed by atoms with E-state index in [4.69, 9.17) is 0 Å². The summed E-state index contributed by atoms with van der Waals surface area (Å²) in [5.41, 5.74) is 0. The second-order valence-electron chi connectivity index (χ2n) is 5.26. The van der Waals surface area contributed by atoms with Crippen molar-refractivity contribution in [1.29, 1.82) is 0 Å². The molecule has 0 rings (SSSR count). The fraction of sp³-hybridized carbons (Fsp3) is 0.929. The number of hydrogen-bond donors (Lipinski definition) is 2. The Kier molecular flexibility index (Phi) is 9.74. The van der Waals surface area contributed by atoms with Gasteiger partial charge in [-0.3, -0.25) is 9.89 Å². The Bertz CT molecular complexity index is 224. The van der Waals surface area contributed by atoms with E-state index < -0.39 is 0 Å². The van der Waals surface area contributed by atoms with Gasteiger partial charge >= 0.3 is 0 Å². The van der Waals surface area contributed by atoms with Crippen LogP contribution in [-0.2, 0) is 0 Å². The maximum Gasteiger partial charge on any atom is 0.191 e. The molecule has 0 unspecified atom stereocenters. The lowest BCUT2D eigenvalue weighted by Gasteiger charge is -2.25. The second kappa shape index (κ2) is 10.2. The molecule has 0 aliphatic rings. The number of likely N-dealkylation sites (N-methyl/N-ethyl adjacent to an activating group) is 1. The predicted octanol–water partition coefficient (Wildman–Crippen LogP) is 1.93. The van der Waals surface area contributed by atoms with Crippen molar-refractivity contribution in [3.8, 4) is 0 Å².